The number of aliphatic hydroxyl groups is 1. The van der Waals surface area contributed by atoms with Crippen molar-refractivity contribution in [3.8, 4) is 0 Å². The minimum Gasteiger partial charge on any atom is -0.389 e. The van der Waals surface area contributed by atoms with Crippen molar-refractivity contribution in [2.75, 3.05) is 26.2 Å². The molecule has 2 heterocycles. The molecular formula is C15H25N3O2. The van der Waals surface area contributed by atoms with Crippen LogP contribution in [0.3, 0.4) is 0 Å². The second-order valence-electron chi connectivity index (χ2n) is 5.16. The van der Waals surface area contributed by atoms with Crippen molar-refractivity contribution in [3.05, 3.63) is 30.1 Å². The van der Waals surface area contributed by atoms with E-state index in [1.807, 2.05) is 18.2 Å². The van der Waals surface area contributed by atoms with Crippen molar-refractivity contribution in [2.24, 2.45) is 0 Å². The van der Waals surface area contributed by atoms with Gasteiger partial charge in [0.15, 0.2) is 0 Å². The van der Waals surface area contributed by atoms with E-state index < -0.39 is 6.10 Å². The zero-order chi connectivity index (χ0) is 14.4. The van der Waals surface area contributed by atoms with E-state index in [0.29, 0.717) is 13.2 Å². The van der Waals surface area contributed by atoms with Gasteiger partial charge < -0.3 is 20.1 Å². The fourth-order valence-corrected chi connectivity index (χ4v) is 2.50. The van der Waals surface area contributed by atoms with Gasteiger partial charge >= 0.3 is 0 Å². The number of aromatic nitrogens is 1. The molecule has 0 amide bonds. The molecule has 1 aromatic rings. The Labute approximate surface area is 121 Å². The van der Waals surface area contributed by atoms with E-state index in [9.17, 15) is 5.11 Å². The van der Waals surface area contributed by atoms with Gasteiger partial charge in [0.1, 0.15) is 0 Å². The quantitative estimate of drug-likeness (QED) is 0.767. The number of pyridine rings is 1. The van der Waals surface area contributed by atoms with Gasteiger partial charge in [0, 0.05) is 19.3 Å². The van der Waals surface area contributed by atoms with Gasteiger partial charge in [0.25, 0.3) is 0 Å². The molecule has 2 rings (SSSR count). The number of aliphatic hydroxyl groups excluding tert-OH is 1. The van der Waals surface area contributed by atoms with E-state index in [0.717, 1.165) is 25.3 Å². The maximum atomic E-state index is 10.3. The average Bonchev–Trinajstić information content (AvgIpc) is 2.84. The number of nitrogens with zero attached hydrogens (tertiary/aromatic N) is 2. The number of ether oxygens (including phenoxy) is 1. The first kappa shape index (κ1) is 15.4. The molecule has 1 fully saturated rings. The second kappa shape index (κ2) is 7.69. The van der Waals surface area contributed by atoms with Crippen molar-refractivity contribution < 1.29 is 9.84 Å². The lowest BCUT2D eigenvalue weighted by Gasteiger charge is -2.24. The van der Waals surface area contributed by atoms with Crippen molar-refractivity contribution in [3.63, 3.8) is 0 Å². The number of rotatable bonds is 7. The fourth-order valence-electron chi connectivity index (χ4n) is 2.50. The highest BCUT2D eigenvalue weighted by molar-refractivity contribution is 5.03. The number of nitrogens with one attached hydrogen (secondary N) is 1. The summed E-state index contributed by atoms with van der Waals surface area (Å²) in [5, 5.41) is 13.7. The molecule has 2 N–H and O–H groups in total. The van der Waals surface area contributed by atoms with Gasteiger partial charge in [-0.05, 0) is 25.2 Å². The summed E-state index contributed by atoms with van der Waals surface area (Å²) in [7, 11) is 0. The van der Waals surface area contributed by atoms with Gasteiger partial charge in [0.2, 0.25) is 0 Å². The molecule has 1 aliphatic rings. The van der Waals surface area contributed by atoms with Gasteiger partial charge in [-0.1, -0.05) is 19.9 Å². The van der Waals surface area contributed by atoms with Crippen LogP contribution in [0.5, 0.6) is 0 Å². The average molecular weight is 279 g/mol. The summed E-state index contributed by atoms with van der Waals surface area (Å²) < 4.78 is 5.73. The van der Waals surface area contributed by atoms with Crippen LogP contribution in [-0.4, -0.2) is 59.5 Å². The predicted octanol–water partition coefficient (Wildman–Crippen LogP) is 0.641. The smallest absolute Gasteiger partial charge is 0.0989 e. The Balaban J connectivity index is 1.80. The van der Waals surface area contributed by atoms with Crippen LogP contribution in [0.4, 0.5) is 0 Å². The molecule has 0 radical (unpaired) electrons. The molecule has 1 aliphatic heterocycles. The molecule has 0 bridgehead atoms. The number of likely N-dealkylation sites (N-methyl/N-ethyl adjacent to an activating group) is 1. The van der Waals surface area contributed by atoms with Gasteiger partial charge in [-0.25, -0.2) is 0 Å². The molecule has 1 saturated heterocycles. The Morgan fingerprint density at radius 2 is 2.20 bits per heavy atom. The summed E-state index contributed by atoms with van der Waals surface area (Å²) in [5.41, 5.74) is 0.979. The zero-order valence-corrected chi connectivity index (χ0v) is 12.3. The van der Waals surface area contributed by atoms with Crippen LogP contribution in [-0.2, 0) is 11.3 Å². The summed E-state index contributed by atoms with van der Waals surface area (Å²) in [6.07, 6.45) is 1.22. The highest BCUT2D eigenvalue weighted by Crippen LogP contribution is 2.16. The predicted molar refractivity (Wildman–Crippen MR) is 78.4 cm³/mol. The van der Waals surface area contributed by atoms with E-state index in [1.165, 1.54) is 0 Å². The summed E-state index contributed by atoms with van der Waals surface area (Å²) in [5.74, 6) is 0. The normalized spacial score (nSPS) is 26.3. The molecule has 1 aromatic heterocycles. The zero-order valence-electron chi connectivity index (χ0n) is 12.3. The monoisotopic (exact) mass is 279 g/mol. The van der Waals surface area contributed by atoms with Crippen molar-refractivity contribution in [2.45, 2.75) is 38.6 Å². The Morgan fingerprint density at radius 1 is 1.40 bits per heavy atom. The Bertz CT molecular complexity index is 384. The molecule has 0 aliphatic carbocycles. The second-order valence-corrected chi connectivity index (χ2v) is 5.16. The minimum absolute atomic E-state index is 0.0161. The maximum absolute atomic E-state index is 10.3. The van der Waals surface area contributed by atoms with E-state index >= 15 is 0 Å². The van der Waals surface area contributed by atoms with Gasteiger partial charge in [-0.3, -0.25) is 4.98 Å². The molecule has 0 unspecified atom stereocenters. The molecule has 0 aromatic carbocycles. The third-order valence-electron chi connectivity index (χ3n) is 3.89. The van der Waals surface area contributed by atoms with Crippen LogP contribution < -0.4 is 5.32 Å². The third kappa shape index (κ3) is 3.99. The lowest BCUT2D eigenvalue weighted by molar-refractivity contribution is 0.0170. The number of hydrogen-bond acceptors (Lipinski definition) is 5. The topological polar surface area (TPSA) is 57.6 Å². The van der Waals surface area contributed by atoms with Gasteiger partial charge in [-0.15, -0.1) is 0 Å². The van der Waals surface area contributed by atoms with Crippen LogP contribution in [0.15, 0.2) is 24.4 Å². The van der Waals surface area contributed by atoms with Crippen molar-refractivity contribution >= 4 is 0 Å². The molecular weight excluding hydrogens is 254 g/mol. The first-order valence-electron chi connectivity index (χ1n) is 7.39. The largest absolute Gasteiger partial charge is 0.389 e. The lowest BCUT2D eigenvalue weighted by Crippen LogP contribution is -2.44. The first-order chi connectivity index (χ1) is 9.74. The first-order valence-corrected chi connectivity index (χ1v) is 7.39. The lowest BCUT2D eigenvalue weighted by atomic mass is 10.1. The summed E-state index contributed by atoms with van der Waals surface area (Å²) >= 11 is 0. The van der Waals surface area contributed by atoms with Gasteiger partial charge in [-0.2, -0.15) is 0 Å². The fraction of sp³-hybridized carbons (Fsp3) is 0.667. The maximum Gasteiger partial charge on any atom is 0.0989 e. The van der Waals surface area contributed by atoms with E-state index in [1.54, 1.807) is 6.20 Å². The highest BCUT2D eigenvalue weighted by atomic mass is 16.5. The van der Waals surface area contributed by atoms with Crippen molar-refractivity contribution in [1.82, 2.24) is 15.2 Å². The van der Waals surface area contributed by atoms with Crippen LogP contribution in [0.25, 0.3) is 0 Å². The standard InChI is InChI=1S/C15H25N3O2/c1-3-18(4-2)10-14-15(19)13(11-20-14)17-9-12-7-5-6-8-16-12/h5-8,13-15,17,19H,3-4,9-11H2,1-2H3/t13-,14-,15+/m0/s1. The van der Waals surface area contributed by atoms with E-state index in [4.69, 9.17) is 4.74 Å². The number of hydrogen-bond donors (Lipinski definition) is 2. The Hall–Kier alpha value is -1.01. The van der Waals surface area contributed by atoms with Gasteiger partial charge in [0.05, 0.1) is 30.6 Å². The van der Waals surface area contributed by atoms with Crippen molar-refractivity contribution in [1.29, 1.82) is 0 Å². The summed E-state index contributed by atoms with van der Waals surface area (Å²) in [6, 6.07) is 5.83. The molecule has 3 atom stereocenters. The summed E-state index contributed by atoms with van der Waals surface area (Å²) in [4.78, 5) is 6.54. The minimum atomic E-state index is -0.459. The summed E-state index contributed by atoms with van der Waals surface area (Å²) in [6.45, 7) is 8.22. The van der Waals surface area contributed by atoms with Crippen LogP contribution >= 0.6 is 0 Å². The highest BCUT2D eigenvalue weighted by Gasteiger charge is 2.36. The SMILES string of the molecule is CCN(CC)C[C@@H]1OC[C@H](NCc2ccccn2)[C@H]1O. The third-order valence-corrected chi connectivity index (χ3v) is 3.89. The van der Waals surface area contributed by atoms with Crippen LogP contribution in [0, 0.1) is 0 Å². The molecule has 0 saturated carbocycles. The Morgan fingerprint density at radius 3 is 2.85 bits per heavy atom. The van der Waals surface area contributed by atoms with Crippen LogP contribution in [0.2, 0.25) is 0 Å². The molecule has 5 heteroatoms. The molecule has 0 spiro atoms. The van der Waals surface area contributed by atoms with Crippen LogP contribution in [0.1, 0.15) is 19.5 Å². The molecule has 5 nitrogen and oxygen atoms in total. The van der Waals surface area contributed by atoms with E-state index in [2.05, 4.69) is 29.0 Å². The molecule has 112 valence electrons. The molecule has 20 heavy (non-hydrogen) atoms. The van der Waals surface area contributed by atoms with E-state index in [-0.39, 0.29) is 12.1 Å². The Kier molecular flexibility index (Phi) is 5.91.